The van der Waals surface area contributed by atoms with Gasteiger partial charge in [-0.15, -0.1) is 0 Å². The smallest absolute Gasteiger partial charge is 0.336 e. The minimum Gasteiger partial charge on any atom is -0.463 e. The lowest BCUT2D eigenvalue weighted by Crippen LogP contribution is -2.32. The molecule has 0 saturated heterocycles. The van der Waals surface area contributed by atoms with Crippen LogP contribution < -0.4 is 5.32 Å². The zero-order chi connectivity index (χ0) is 24.2. The summed E-state index contributed by atoms with van der Waals surface area (Å²) in [5.74, 6) is -1.54. The summed E-state index contributed by atoms with van der Waals surface area (Å²) in [6, 6.07) is 7.27. The molecule has 1 heterocycles. The molecule has 0 amide bonds. The lowest BCUT2D eigenvalue weighted by molar-refractivity contribution is -0.140. The minimum absolute atomic E-state index is 0.242. The molecule has 5 nitrogen and oxygen atoms in total. The number of rotatable bonds is 13. The van der Waals surface area contributed by atoms with Crippen LogP contribution in [-0.4, -0.2) is 25.2 Å². The molecule has 1 aliphatic heterocycles. The highest BCUT2D eigenvalue weighted by Crippen LogP contribution is 2.41. The van der Waals surface area contributed by atoms with Gasteiger partial charge in [-0.1, -0.05) is 81.7 Å². The molecular weight excluding hydrogens is 438 g/mol. The van der Waals surface area contributed by atoms with Gasteiger partial charge < -0.3 is 14.8 Å². The number of carbonyl (C=O) groups excluding carboxylic acids is 2. The number of allylic oxidation sites excluding steroid dienone is 2. The topological polar surface area (TPSA) is 64.6 Å². The Morgan fingerprint density at radius 3 is 1.97 bits per heavy atom. The van der Waals surface area contributed by atoms with Crippen molar-refractivity contribution >= 4 is 23.5 Å². The fourth-order valence-corrected chi connectivity index (χ4v) is 4.49. The number of dihydropyridines is 1. The van der Waals surface area contributed by atoms with Crippen LogP contribution in [0.15, 0.2) is 46.8 Å². The first kappa shape index (κ1) is 27.0. The van der Waals surface area contributed by atoms with Crippen LogP contribution in [0.1, 0.15) is 90.5 Å². The Hall–Kier alpha value is -2.27. The maximum absolute atomic E-state index is 13.2. The Bertz CT molecular complexity index is 875. The molecule has 6 heteroatoms. The van der Waals surface area contributed by atoms with Crippen LogP contribution in [-0.2, 0) is 19.1 Å². The zero-order valence-corrected chi connectivity index (χ0v) is 21.2. The van der Waals surface area contributed by atoms with E-state index in [0.717, 1.165) is 19.3 Å². The second-order valence-electron chi connectivity index (χ2n) is 8.49. The molecule has 0 bridgehead atoms. The van der Waals surface area contributed by atoms with Crippen LogP contribution in [0.2, 0.25) is 5.02 Å². The number of esters is 2. The van der Waals surface area contributed by atoms with Gasteiger partial charge >= 0.3 is 11.9 Å². The van der Waals surface area contributed by atoms with E-state index >= 15 is 0 Å². The second kappa shape index (κ2) is 14.1. The van der Waals surface area contributed by atoms with E-state index < -0.39 is 17.9 Å². The first-order chi connectivity index (χ1) is 15.9. The summed E-state index contributed by atoms with van der Waals surface area (Å²) in [4.78, 5) is 26.1. The van der Waals surface area contributed by atoms with Gasteiger partial charge in [-0.25, -0.2) is 9.59 Å². The van der Waals surface area contributed by atoms with Gasteiger partial charge in [0, 0.05) is 16.4 Å². The molecule has 1 atom stereocenters. The lowest BCUT2D eigenvalue weighted by Gasteiger charge is -2.31. The highest BCUT2D eigenvalue weighted by Gasteiger charge is 2.38. The van der Waals surface area contributed by atoms with Crippen LogP contribution in [0.25, 0.3) is 0 Å². The summed E-state index contributed by atoms with van der Waals surface area (Å²) in [7, 11) is 0. The average Bonchev–Trinajstić information content (AvgIpc) is 2.77. The van der Waals surface area contributed by atoms with Crippen molar-refractivity contribution in [3.8, 4) is 0 Å². The molecule has 1 N–H and O–H groups in total. The Labute approximate surface area is 203 Å². The fraction of sp³-hybridized carbons (Fsp3) is 0.556. The van der Waals surface area contributed by atoms with Crippen LogP contribution >= 0.6 is 11.6 Å². The maximum atomic E-state index is 13.2. The number of ether oxygens (including phenoxy) is 2. The number of hydrogen-bond acceptors (Lipinski definition) is 5. The number of hydrogen-bond donors (Lipinski definition) is 1. The van der Waals surface area contributed by atoms with Crippen molar-refractivity contribution in [1.82, 2.24) is 5.32 Å². The van der Waals surface area contributed by atoms with E-state index in [9.17, 15) is 9.59 Å². The largest absolute Gasteiger partial charge is 0.463 e. The molecule has 0 radical (unpaired) electrons. The predicted octanol–water partition coefficient (Wildman–Crippen LogP) is 6.82. The van der Waals surface area contributed by atoms with Crippen LogP contribution in [0, 0.1) is 0 Å². The molecule has 0 fully saturated rings. The predicted molar refractivity (Wildman–Crippen MR) is 133 cm³/mol. The number of halogens is 1. The molecule has 0 aromatic heterocycles. The monoisotopic (exact) mass is 475 g/mol. The summed E-state index contributed by atoms with van der Waals surface area (Å²) in [6.07, 6.45) is 9.37. The average molecular weight is 476 g/mol. The van der Waals surface area contributed by atoms with E-state index in [-0.39, 0.29) is 6.61 Å². The van der Waals surface area contributed by atoms with Gasteiger partial charge in [-0.2, -0.15) is 0 Å². The summed E-state index contributed by atoms with van der Waals surface area (Å²) in [6.45, 7) is 8.21. The van der Waals surface area contributed by atoms with E-state index in [1.54, 1.807) is 13.0 Å². The molecule has 0 saturated carbocycles. The molecule has 1 unspecified atom stereocenters. The summed E-state index contributed by atoms with van der Waals surface area (Å²) in [5, 5.41) is 3.65. The quantitative estimate of drug-likeness (QED) is 0.250. The summed E-state index contributed by atoms with van der Waals surface area (Å²) < 4.78 is 11.0. The molecule has 1 aromatic rings. The van der Waals surface area contributed by atoms with Gasteiger partial charge in [-0.05, 0) is 38.8 Å². The number of benzene rings is 1. The number of unbranched alkanes of at least 4 members (excludes halogenated alkanes) is 7. The van der Waals surface area contributed by atoms with Crippen molar-refractivity contribution in [3.63, 3.8) is 0 Å². The molecular formula is C27H38ClNO4. The van der Waals surface area contributed by atoms with Crippen LogP contribution in [0.5, 0.6) is 0 Å². The molecule has 182 valence electrons. The minimum atomic E-state index is -0.648. The van der Waals surface area contributed by atoms with Gasteiger partial charge in [0.05, 0.1) is 30.3 Å². The van der Waals surface area contributed by atoms with E-state index in [0.29, 0.717) is 39.7 Å². The molecule has 1 aliphatic rings. The molecule has 0 spiro atoms. The number of carbonyl (C=O) groups is 2. The van der Waals surface area contributed by atoms with Crippen LogP contribution in [0.4, 0.5) is 0 Å². The van der Waals surface area contributed by atoms with Gasteiger partial charge in [0.15, 0.2) is 0 Å². The Balaban J connectivity index is 2.13. The highest BCUT2D eigenvalue weighted by atomic mass is 35.5. The first-order valence-electron chi connectivity index (χ1n) is 12.2. The summed E-state index contributed by atoms with van der Waals surface area (Å²) >= 11 is 6.51. The van der Waals surface area contributed by atoms with Crippen molar-refractivity contribution in [2.45, 2.75) is 85.0 Å². The third kappa shape index (κ3) is 7.63. The molecule has 2 rings (SSSR count). The van der Waals surface area contributed by atoms with Crippen molar-refractivity contribution in [2.24, 2.45) is 0 Å². The van der Waals surface area contributed by atoms with Gasteiger partial charge in [0.2, 0.25) is 0 Å². The van der Waals surface area contributed by atoms with E-state index in [1.807, 2.05) is 32.0 Å². The standard InChI is InChI=1S/C27H38ClNO4/c1-5-7-8-9-10-11-12-15-18-33-27(31)24-20(4)29-19(3)23(26(30)32-6-2)25(24)21-16-13-14-17-22(21)28/h13-14,16-17,25,29H,5-12,15,18H2,1-4H3. The maximum Gasteiger partial charge on any atom is 0.336 e. The molecule has 0 aliphatic carbocycles. The molecule has 1 aromatic carbocycles. The highest BCUT2D eigenvalue weighted by molar-refractivity contribution is 6.31. The third-order valence-electron chi connectivity index (χ3n) is 5.92. The van der Waals surface area contributed by atoms with Gasteiger partial charge in [-0.3, -0.25) is 0 Å². The fourth-order valence-electron chi connectivity index (χ4n) is 4.24. The second-order valence-corrected chi connectivity index (χ2v) is 8.90. The van der Waals surface area contributed by atoms with Crippen molar-refractivity contribution in [2.75, 3.05) is 13.2 Å². The molecule has 33 heavy (non-hydrogen) atoms. The van der Waals surface area contributed by atoms with Crippen molar-refractivity contribution < 1.29 is 19.1 Å². The first-order valence-corrected chi connectivity index (χ1v) is 12.6. The Kier molecular flexibility index (Phi) is 11.5. The normalized spacial score (nSPS) is 16.0. The van der Waals surface area contributed by atoms with Gasteiger partial charge in [0.1, 0.15) is 0 Å². The summed E-state index contributed by atoms with van der Waals surface area (Å²) in [5.41, 5.74) is 2.77. The Morgan fingerprint density at radius 1 is 0.848 bits per heavy atom. The third-order valence-corrected chi connectivity index (χ3v) is 6.27. The Morgan fingerprint density at radius 2 is 1.39 bits per heavy atom. The lowest BCUT2D eigenvalue weighted by atomic mass is 9.80. The van der Waals surface area contributed by atoms with Gasteiger partial charge in [0.25, 0.3) is 0 Å². The van der Waals surface area contributed by atoms with E-state index in [1.165, 1.54) is 32.1 Å². The number of nitrogens with one attached hydrogen (secondary N) is 1. The van der Waals surface area contributed by atoms with Crippen LogP contribution in [0.3, 0.4) is 0 Å². The van der Waals surface area contributed by atoms with E-state index in [4.69, 9.17) is 21.1 Å². The van der Waals surface area contributed by atoms with E-state index in [2.05, 4.69) is 12.2 Å². The van der Waals surface area contributed by atoms with Crippen molar-refractivity contribution in [3.05, 3.63) is 57.4 Å². The zero-order valence-electron chi connectivity index (χ0n) is 20.5. The van der Waals surface area contributed by atoms with Crippen molar-refractivity contribution in [1.29, 1.82) is 0 Å². The SMILES string of the molecule is CCCCCCCCCCOC(=O)C1=C(C)NC(C)=C(C(=O)OCC)C1c1ccccc1Cl.